The normalized spacial score (nSPS) is 10.6. The Morgan fingerprint density at radius 2 is 1.63 bits per heavy atom. The zero-order valence-electron chi connectivity index (χ0n) is 9.28. The van der Waals surface area contributed by atoms with Gasteiger partial charge in [-0.3, -0.25) is 0 Å². The second kappa shape index (κ2) is 5.08. The molecule has 0 heterocycles. The number of nitrogen functional groups attached to an aromatic ring is 1. The molecule has 0 spiro atoms. The van der Waals surface area contributed by atoms with E-state index < -0.39 is 29.0 Å². The van der Waals surface area contributed by atoms with E-state index in [1.54, 1.807) is 0 Å². The predicted octanol–water partition coefficient (Wildman–Crippen LogP) is 4.33. The molecular formula is C12H7BrF4N2. The van der Waals surface area contributed by atoms with Crippen LogP contribution in [0.5, 0.6) is 0 Å². The Hall–Kier alpha value is -1.76. The van der Waals surface area contributed by atoms with E-state index in [2.05, 4.69) is 21.2 Å². The van der Waals surface area contributed by atoms with Gasteiger partial charge in [-0.2, -0.15) is 0 Å². The predicted molar refractivity (Wildman–Crippen MR) is 68.1 cm³/mol. The standard InChI is InChI=1S/C12H7BrF4N2/c13-5-3-8(16)10(4-7(5)15)19-12-9(18)2-1-6(14)11(12)17/h1-4,19H,18H2. The van der Waals surface area contributed by atoms with Crippen LogP contribution in [0.4, 0.5) is 34.6 Å². The minimum atomic E-state index is -1.26. The van der Waals surface area contributed by atoms with Crippen LogP contribution in [-0.2, 0) is 0 Å². The third kappa shape index (κ3) is 2.65. The van der Waals surface area contributed by atoms with E-state index in [1.807, 2.05) is 0 Å². The van der Waals surface area contributed by atoms with Gasteiger partial charge in [0.05, 0.1) is 15.8 Å². The molecule has 2 nitrogen and oxygen atoms in total. The summed E-state index contributed by atoms with van der Waals surface area (Å²) in [6.45, 7) is 0. The van der Waals surface area contributed by atoms with E-state index in [-0.39, 0.29) is 15.8 Å². The summed E-state index contributed by atoms with van der Waals surface area (Å²) in [5, 5.41) is 2.24. The lowest BCUT2D eigenvalue weighted by Crippen LogP contribution is -2.03. The van der Waals surface area contributed by atoms with Gasteiger partial charge in [0, 0.05) is 6.07 Å². The first-order chi connectivity index (χ1) is 8.90. The summed E-state index contributed by atoms with van der Waals surface area (Å²) in [7, 11) is 0. The highest BCUT2D eigenvalue weighted by molar-refractivity contribution is 9.10. The highest BCUT2D eigenvalue weighted by Crippen LogP contribution is 2.31. The Bertz CT molecular complexity index is 646. The van der Waals surface area contributed by atoms with Crippen LogP contribution < -0.4 is 11.1 Å². The maximum atomic E-state index is 13.6. The molecule has 100 valence electrons. The fourth-order valence-electron chi connectivity index (χ4n) is 1.45. The van der Waals surface area contributed by atoms with E-state index in [9.17, 15) is 17.6 Å². The van der Waals surface area contributed by atoms with Crippen LogP contribution in [0.1, 0.15) is 0 Å². The molecule has 2 rings (SSSR count). The molecule has 0 bridgehead atoms. The number of halogens is 5. The Balaban J connectivity index is 2.48. The van der Waals surface area contributed by atoms with E-state index in [0.29, 0.717) is 0 Å². The number of nitrogens with two attached hydrogens (primary N) is 1. The number of benzene rings is 2. The van der Waals surface area contributed by atoms with Crippen molar-refractivity contribution < 1.29 is 17.6 Å². The van der Waals surface area contributed by atoms with Crippen molar-refractivity contribution in [2.75, 3.05) is 11.1 Å². The lowest BCUT2D eigenvalue weighted by Gasteiger charge is -2.12. The van der Waals surface area contributed by atoms with Gasteiger partial charge in [0.25, 0.3) is 0 Å². The highest BCUT2D eigenvalue weighted by atomic mass is 79.9. The van der Waals surface area contributed by atoms with Crippen molar-refractivity contribution in [2.45, 2.75) is 0 Å². The Kier molecular flexibility index (Phi) is 3.66. The van der Waals surface area contributed by atoms with Crippen LogP contribution in [0.3, 0.4) is 0 Å². The Labute approximate surface area is 114 Å². The molecule has 0 atom stereocenters. The number of hydrogen-bond acceptors (Lipinski definition) is 2. The smallest absolute Gasteiger partial charge is 0.184 e. The largest absolute Gasteiger partial charge is 0.397 e. The molecule has 0 fully saturated rings. The van der Waals surface area contributed by atoms with Crippen LogP contribution >= 0.6 is 15.9 Å². The molecule has 0 aliphatic heterocycles. The lowest BCUT2D eigenvalue weighted by atomic mass is 10.2. The molecule has 0 aromatic heterocycles. The van der Waals surface area contributed by atoms with Crippen molar-refractivity contribution in [1.82, 2.24) is 0 Å². The van der Waals surface area contributed by atoms with Gasteiger partial charge in [-0.05, 0) is 34.1 Å². The molecule has 0 saturated heterocycles. The van der Waals surface area contributed by atoms with Crippen LogP contribution in [0.25, 0.3) is 0 Å². The monoisotopic (exact) mass is 334 g/mol. The zero-order chi connectivity index (χ0) is 14.2. The van der Waals surface area contributed by atoms with Crippen molar-refractivity contribution in [3.8, 4) is 0 Å². The average molecular weight is 335 g/mol. The van der Waals surface area contributed by atoms with Gasteiger partial charge in [0.2, 0.25) is 0 Å². The van der Waals surface area contributed by atoms with Gasteiger partial charge in [-0.25, -0.2) is 17.6 Å². The first kappa shape index (κ1) is 13.7. The molecular weight excluding hydrogens is 328 g/mol. The van der Waals surface area contributed by atoms with Crippen LogP contribution in [-0.4, -0.2) is 0 Å². The molecule has 0 aliphatic carbocycles. The van der Waals surface area contributed by atoms with Gasteiger partial charge < -0.3 is 11.1 Å². The van der Waals surface area contributed by atoms with Crippen molar-refractivity contribution in [1.29, 1.82) is 0 Å². The third-order valence-corrected chi connectivity index (χ3v) is 3.00. The summed E-state index contributed by atoms with van der Waals surface area (Å²) in [5.74, 6) is -3.99. The van der Waals surface area contributed by atoms with E-state index in [4.69, 9.17) is 5.73 Å². The van der Waals surface area contributed by atoms with Crippen molar-refractivity contribution in [3.63, 3.8) is 0 Å². The summed E-state index contributed by atoms with van der Waals surface area (Å²) in [4.78, 5) is 0. The molecule has 0 aliphatic rings. The van der Waals surface area contributed by atoms with Gasteiger partial charge in [0.1, 0.15) is 17.3 Å². The first-order valence-electron chi connectivity index (χ1n) is 5.05. The van der Waals surface area contributed by atoms with Crippen LogP contribution in [0, 0.1) is 23.3 Å². The van der Waals surface area contributed by atoms with E-state index >= 15 is 0 Å². The summed E-state index contributed by atoms with van der Waals surface area (Å²) >= 11 is 2.80. The number of hydrogen-bond donors (Lipinski definition) is 2. The maximum Gasteiger partial charge on any atom is 0.184 e. The molecule has 7 heteroatoms. The second-order valence-electron chi connectivity index (χ2n) is 3.70. The lowest BCUT2D eigenvalue weighted by molar-refractivity contribution is 0.512. The second-order valence-corrected chi connectivity index (χ2v) is 4.55. The molecule has 3 N–H and O–H groups in total. The van der Waals surface area contributed by atoms with E-state index in [0.717, 1.165) is 24.3 Å². The van der Waals surface area contributed by atoms with Gasteiger partial charge in [-0.1, -0.05) is 0 Å². The summed E-state index contributed by atoms with van der Waals surface area (Å²) in [5.41, 5.74) is 4.54. The number of anilines is 3. The Morgan fingerprint density at radius 3 is 2.32 bits per heavy atom. The molecule has 2 aromatic carbocycles. The topological polar surface area (TPSA) is 38.0 Å². The quantitative estimate of drug-likeness (QED) is 0.487. The molecule has 0 unspecified atom stereocenters. The molecule has 0 radical (unpaired) electrons. The minimum Gasteiger partial charge on any atom is -0.397 e. The number of nitrogens with one attached hydrogen (secondary N) is 1. The van der Waals surface area contributed by atoms with Crippen molar-refractivity contribution >= 4 is 33.0 Å². The number of rotatable bonds is 2. The summed E-state index contributed by atoms with van der Waals surface area (Å²) in [6.07, 6.45) is 0. The fraction of sp³-hybridized carbons (Fsp3) is 0. The highest BCUT2D eigenvalue weighted by Gasteiger charge is 2.15. The SMILES string of the molecule is Nc1ccc(F)c(F)c1Nc1cc(F)c(Br)cc1F. The van der Waals surface area contributed by atoms with Crippen LogP contribution in [0.15, 0.2) is 28.7 Å². The van der Waals surface area contributed by atoms with Gasteiger partial charge >= 0.3 is 0 Å². The zero-order valence-corrected chi connectivity index (χ0v) is 10.9. The minimum absolute atomic E-state index is 0.0803. The molecule has 0 amide bonds. The first-order valence-corrected chi connectivity index (χ1v) is 5.84. The Morgan fingerprint density at radius 1 is 0.947 bits per heavy atom. The van der Waals surface area contributed by atoms with Gasteiger partial charge in [-0.15, -0.1) is 0 Å². The van der Waals surface area contributed by atoms with Crippen molar-refractivity contribution in [2.24, 2.45) is 0 Å². The molecule has 0 saturated carbocycles. The summed E-state index contributed by atoms with van der Waals surface area (Å²) in [6, 6.07) is 3.64. The van der Waals surface area contributed by atoms with Gasteiger partial charge in [0.15, 0.2) is 11.6 Å². The molecule has 19 heavy (non-hydrogen) atoms. The molecule has 2 aromatic rings. The van der Waals surface area contributed by atoms with Crippen LogP contribution in [0.2, 0.25) is 0 Å². The van der Waals surface area contributed by atoms with Crippen molar-refractivity contribution in [3.05, 3.63) is 52.0 Å². The summed E-state index contributed by atoms with van der Waals surface area (Å²) < 4.78 is 53.3. The fourth-order valence-corrected chi connectivity index (χ4v) is 1.76. The third-order valence-electron chi connectivity index (χ3n) is 2.40. The maximum absolute atomic E-state index is 13.6. The van der Waals surface area contributed by atoms with E-state index in [1.165, 1.54) is 0 Å². The average Bonchev–Trinajstić information content (AvgIpc) is 2.36.